The van der Waals surface area contributed by atoms with Crippen molar-refractivity contribution >= 4 is 11.8 Å². The van der Waals surface area contributed by atoms with Crippen molar-refractivity contribution < 1.29 is 9.59 Å². The summed E-state index contributed by atoms with van der Waals surface area (Å²) in [5.41, 5.74) is 17.4. The molecule has 0 saturated heterocycles. The lowest BCUT2D eigenvalue weighted by atomic mass is 10.2. The fraction of sp³-hybridized carbons (Fsp3) is 0.364. The molecule has 1 aromatic rings. The van der Waals surface area contributed by atoms with E-state index in [1.54, 1.807) is 17.2 Å². The van der Waals surface area contributed by atoms with Crippen LogP contribution >= 0.6 is 0 Å². The molecular formula is C11H17N5O2. The maximum absolute atomic E-state index is 10.9. The molecule has 0 radical (unpaired) electrons. The molecule has 0 aliphatic heterocycles. The molecule has 1 heterocycles. The van der Waals surface area contributed by atoms with Gasteiger partial charge in [-0.25, -0.2) is 0 Å². The molecule has 7 nitrogen and oxygen atoms in total. The van der Waals surface area contributed by atoms with Gasteiger partial charge in [0.2, 0.25) is 11.8 Å². The van der Waals surface area contributed by atoms with Crippen LogP contribution in [0.1, 0.15) is 11.3 Å². The van der Waals surface area contributed by atoms with Crippen molar-refractivity contribution in [2.45, 2.75) is 13.1 Å². The number of hydrogen-bond acceptors (Lipinski definition) is 5. The van der Waals surface area contributed by atoms with Gasteiger partial charge in [0.15, 0.2) is 0 Å². The highest BCUT2D eigenvalue weighted by Gasteiger charge is 2.12. The molecular weight excluding hydrogens is 234 g/mol. The molecule has 0 saturated carbocycles. The molecule has 6 N–H and O–H groups in total. The Morgan fingerprint density at radius 2 is 1.83 bits per heavy atom. The standard InChI is InChI=1S/C11H17N5O2/c12-4-9-3-8(1-2-15-9)5-16(6-10(13)17)7-11(14)18/h1-3H,4-7,12H2,(H2,13,17)(H2,14,18). The van der Waals surface area contributed by atoms with Gasteiger partial charge >= 0.3 is 0 Å². The Bertz CT molecular complexity index is 419. The Hall–Kier alpha value is -1.99. The first-order chi connectivity index (χ1) is 8.51. The van der Waals surface area contributed by atoms with Crippen LogP contribution in [-0.2, 0) is 22.7 Å². The third-order valence-corrected chi connectivity index (χ3v) is 2.26. The lowest BCUT2D eigenvalue weighted by Crippen LogP contribution is -2.39. The van der Waals surface area contributed by atoms with Gasteiger partial charge in [-0.05, 0) is 17.7 Å². The summed E-state index contributed by atoms with van der Waals surface area (Å²) in [4.78, 5) is 27.4. The van der Waals surface area contributed by atoms with Gasteiger partial charge in [-0.1, -0.05) is 0 Å². The van der Waals surface area contributed by atoms with Crippen LogP contribution in [0.4, 0.5) is 0 Å². The first-order valence-corrected chi connectivity index (χ1v) is 5.44. The first kappa shape index (κ1) is 14.1. The van der Waals surface area contributed by atoms with E-state index in [0.29, 0.717) is 13.1 Å². The van der Waals surface area contributed by atoms with Crippen LogP contribution in [0.2, 0.25) is 0 Å². The number of carbonyl (C=O) groups excluding carboxylic acids is 2. The molecule has 0 aliphatic rings. The minimum absolute atomic E-state index is 0.0246. The molecule has 2 amide bonds. The number of nitrogens with zero attached hydrogens (tertiary/aromatic N) is 2. The zero-order valence-corrected chi connectivity index (χ0v) is 10.0. The number of aromatic nitrogens is 1. The quantitative estimate of drug-likeness (QED) is 0.532. The summed E-state index contributed by atoms with van der Waals surface area (Å²) in [6, 6.07) is 3.60. The highest BCUT2D eigenvalue weighted by atomic mass is 16.2. The summed E-state index contributed by atoms with van der Waals surface area (Å²) in [7, 11) is 0. The number of rotatable bonds is 7. The van der Waals surface area contributed by atoms with Gasteiger partial charge in [0.1, 0.15) is 0 Å². The average Bonchev–Trinajstić information content (AvgIpc) is 2.27. The van der Waals surface area contributed by atoms with Crippen LogP contribution in [0.15, 0.2) is 18.3 Å². The third kappa shape index (κ3) is 4.89. The van der Waals surface area contributed by atoms with Crippen LogP contribution in [0.5, 0.6) is 0 Å². The number of amides is 2. The van der Waals surface area contributed by atoms with Crippen molar-refractivity contribution in [1.82, 2.24) is 9.88 Å². The Morgan fingerprint density at radius 1 is 1.22 bits per heavy atom. The molecule has 1 aromatic heterocycles. The van der Waals surface area contributed by atoms with E-state index in [0.717, 1.165) is 11.3 Å². The van der Waals surface area contributed by atoms with Gasteiger partial charge in [-0.2, -0.15) is 0 Å². The SMILES string of the molecule is NCc1cc(CN(CC(N)=O)CC(N)=O)ccn1. The highest BCUT2D eigenvalue weighted by molar-refractivity contribution is 5.79. The first-order valence-electron chi connectivity index (χ1n) is 5.44. The zero-order chi connectivity index (χ0) is 13.5. The number of nitrogens with two attached hydrogens (primary N) is 3. The number of pyridine rings is 1. The molecule has 0 fully saturated rings. The normalized spacial score (nSPS) is 10.6. The van der Waals surface area contributed by atoms with E-state index in [-0.39, 0.29) is 13.1 Å². The zero-order valence-electron chi connectivity index (χ0n) is 10.0. The summed E-state index contributed by atoms with van der Waals surface area (Å²) in [6.07, 6.45) is 1.63. The molecule has 7 heteroatoms. The molecule has 18 heavy (non-hydrogen) atoms. The summed E-state index contributed by atoms with van der Waals surface area (Å²) < 4.78 is 0. The van der Waals surface area contributed by atoms with Crippen molar-refractivity contribution in [3.8, 4) is 0 Å². The van der Waals surface area contributed by atoms with Crippen LogP contribution in [0, 0.1) is 0 Å². The Balaban J connectivity index is 2.74. The lowest BCUT2D eigenvalue weighted by molar-refractivity contribution is -0.122. The van der Waals surface area contributed by atoms with Crippen LogP contribution in [0.3, 0.4) is 0 Å². The number of primary amides is 2. The molecule has 0 unspecified atom stereocenters. The maximum atomic E-state index is 10.9. The summed E-state index contributed by atoms with van der Waals surface area (Å²) >= 11 is 0. The fourth-order valence-electron chi connectivity index (χ4n) is 1.60. The van der Waals surface area contributed by atoms with Gasteiger partial charge in [0.25, 0.3) is 0 Å². The van der Waals surface area contributed by atoms with Crippen molar-refractivity contribution in [2.75, 3.05) is 13.1 Å². The summed E-state index contributed by atoms with van der Waals surface area (Å²) in [5, 5.41) is 0. The Morgan fingerprint density at radius 3 is 2.33 bits per heavy atom. The predicted molar refractivity (Wildman–Crippen MR) is 65.8 cm³/mol. The van der Waals surface area contributed by atoms with E-state index in [1.165, 1.54) is 0 Å². The van der Waals surface area contributed by atoms with E-state index in [2.05, 4.69) is 4.98 Å². The fourth-order valence-corrected chi connectivity index (χ4v) is 1.60. The average molecular weight is 251 g/mol. The molecule has 1 rings (SSSR count). The van der Waals surface area contributed by atoms with Crippen LogP contribution in [-0.4, -0.2) is 34.8 Å². The van der Waals surface area contributed by atoms with E-state index >= 15 is 0 Å². The van der Waals surface area contributed by atoms with Crippen molar-refractivity contribution in [2.24, 2.45) is 17.2 Å². The van der Waals surface area contributed by atoms with Crippen molar-refractivity contribution in [3.05, 3.63) is 29.6 Å². The molecule has 98 valence electrons. The van der Waals surface area contributed by atoms with E-state index in [1.807, 2.05) is 6.07 Å². The van der Waals surface area contributed by atoms with Crippen LogP contribution in [0.25, 0.3) is 0 Å². The minimum Gasteiger partial charge on any atom is -0.369 e. The van der Waals surface area contributed by atoms with Crippen molar-refractivity contribution in [3.63, 3.8) is 0 Å². The lowest BCUT2D eigenvalue weighted by Gasteiger charge is -2.19. The molecule has 0 atom stereocenters. The summed E-state index contributed by atoms with van der Waals surface area (Å²) in [5.74, 6) is -1.02. The highest BCUT2D eigenvalue weighted by Crippen LogP contribution is 2.05. The number of hydrogen-bond donors (Lipinski definition) is 3. The second-order valence-electron chi connectivity index (χ2n) is 3.94. The Labute approximate surface area is 105 Å². The Kier molecular flexibility index (Phi) is 5.22. The van der Waals surface area contributed by atoms with E-state index in [4.69, 9.17) is 17.2 Å². The van der Waals surface area contributed by atoms with E-state index in [9.17, 15) is 9.59 Å². The van der Waals surface area contributed by atoms with Gasteiger partial charge in [0.05, 0.1) is 18.8 Å². The molecule has 0 spiro atoms. The second-order valence-corrected chi connectivity index (χ2v) is 3.94. The summed E-state index contributed by atoms with van der Waals surface area (Å²) in [6.45, 7) is 0.674. The van der Waals surface area contributed by atoms with Crippen molar-refractivity contribution in [1.29, 1.82) is 0 Å². The maximum Gasteiger partial charge on any atom is 0.231 e. The minimum atomic E-state index is -0.510. The topological polar surface area (TPSA) is 128 Å². The second kappa shape index (κ2) is 6.67. The number of carbonyl (C=O) groups is 2. The smallest absolute Gasteiger partial charge is 0.231 e. The predicted octanol–water partition coefficient (Wildman–Crippen LogP) is -1.69. The molecule has 0 bridgehead atoms. The van der Waals surface area contributed by atoms with E-state index < -0.39 is 11.8 Å². The van der Waals surface area contributed by atoms with Gasteiger partial charge in [-0.15, -0.1) is 0 Å². The van der Waals surface area contributed by atoms with Gasteiger partial charge < -0.3 is 17.2 Å². The third-order valence-electron chi connectivity index (χ3n) is 2.26. The molecule has 0 aromatic carbocycles. The molecule has 0 aliphatic carbocycles. The monoisotopic (exact) mass is 251 g/mol. The van der Waals surface area contributed by atoms with Gasteiger partial charge in [0, 0.05) is 19.3 Å². The van der Waals surface area contributed by atoms with Gasteiger partial charge in [-0.3, -0.25) is 19.5 Å². The van der Waals surface area contributed by atoms with Crippen LogP contribution < -0.4 is 17.2 Å². The largest absolute Gasteiger partial charge is 0.369 e.